The van der Waals surface area contributed by atoms with Crippen molar-refractivity contribution in [2.24, 2.45) is 4.99 Å². The number of aromatic hydroxyl groups is 1. The fraction of sp³-hybridized carbons (Fsp3) is 0.143. The summed E-state index contributed by atoms with van der Waals surface area (Å²) >= 11 is 1.75. The van der Waals surface area contributed by atoms with E-state index in [0.29, 0.717) is 5.75 Å². The molecule has 0 fully saturated rings. The Balaban J connectivity index is 0.00000131. The number of phenolic OH excluding ortho intramolecular Hbond substituents is 1. The molecule has 3 aromatic rings. The van der Waals surface area contributed by atoms with Gasteiger partial charge < -0.3 is 5.11 Å². The molecule has 1 aliphatic rings. The number of phenols is 1. The fourth-order valence-electron chi connectivity index (χ4n) is 2.98. The molecule has 3 nitrogen and oxygen atoms in total. The molecule has 0 bridgehead atoms. The first-order valence-corrected chi connectivity index (χ1v) is 9.16. The zero-order valence-corrected chi connectivity index (χ0v) is 17.0. The number of thiophene rings is 1. The molecule has 0 aliphatic carbocycles. The van der Waals surface area contributed by atoms with E-state index < -0.39 is 0 Å². The molecule has 0 saturated heterocycles. The average molecular weight is 419 g/mol. The highest BCUT2D eigenvalue weighted by molar-refractivity contribution is 7.16. The van der Waals surface area contributed by atoms with Crippen molar-refractivity contribution < 1.29 is 5.11 Å². The lowest BCUT2D eigenvalue weighted by atomic mass is 9.96. The molecule has 4 rings (SSSR count). The molecular formula is C21H20Cl2N2OS. The molecule has 0 unspecified atom stereocenters. The van der Waals surface area contributed by atoms with Crippen molar-refractivity contribution in [2.75, 3.05) is 6.54 Å². The Morgan fingerprint density at radius 3 is 2.52 bits per heavy atom. The van der Waals surface area contributed by atoms with Gasteiger partial charge in [-0.3, -0.25) is 9.98 Å². The van der Waals surface area contributed by atoms with Gasteiger partial charge in [0.25, 0.3) is 0 Å². The lowest BCUT2D eigenvalue weighted by Crippen LogP contribution is -2.11. The number of hydrogen-bond donors (Lipinski definition) is 1. The van der Waals surface area contributed by atoms with E-state index in [2.05, 4.69) is 29.3 Å². The summed E-state index contributed by atoms with van der Waals surface area (Å²) in [4.78, 5) is 11.4. The molecule has 140 valence electrons. The second-order valence-electron chi connectivity index (χ2n) is 5.99. The molecule has 3 heterocycles. The minimum absolute atomic E-state index is 0. The van der Waals surface area contributed by atoms with E-state index >= 15 is 0 Å². The summed E-state index contributed by atoms with van der Waals surface area (Å²) in [7, 11) is 0. The van der Waals surface area contributed by atoms with E-state index in [1.54, 1.807) is 29.7 Å². The van der Waals surface area contributed by atoms with Crippen LogP contribution in [-0.4, -0.2) is 22.3 Å². The molecule has 27 heavy (non-hydrogen) atoms. The highest BCUT2D eigenvalue weighted by Crippen LogP contribution is 2.31. The topological polar surface area (TPSA) is 45.5 Å². The van der Waals surface area contributed by atoms with E-state index in [1.165, 1.54) is 15.3 Å². The molecule has 6 heteroatoms. The Morgan fingerprint density at radius 2 is 1.78 bits per heavy atom. The van der Waals surface area contributed by atoms with Gasteiger partial charge in [0.15, 0.2) is 0 Å². The summed E-state index contributed by atoms with van der Waals surface area (Å²) in [6.45, 7) is 0.880. The van der Waals surface area contributed by atoms with Gasteiger partial charge in [0, 0.05) is 34.3 Å². The van der Waals surface area contributed by atoms with Gasteiger partial charge in [0.05, 0.1) is 5.71 Å². The number of nitrogens with zero attached hydrogens (tertiary/aromatic N) is 2. The normalized spacial score (nSPS) is 14.8. The first-order chi connectivity index (χ1) is 12.3. The molecule has 0 radical (unpaired) electrons. The van der Waals surface area contributed by atoms with Gasteiger partial charge >= 0.3 is 0 Å². The molecular weight excluding hydrogens is 399 g/mol. The first kappa shape index (κ1) is 21.2. The lowest BCUT2D eigenvalue weighted by Gasteiger charge is -2.15. The predicted molar refractivity (Wildman–Crippen MR) is 119 cm³/mol. The second-order valence-corrected chi connectivity index (χ2v) is 7.11. The van der Waals surface area contributed by atoms with Gasteiger partial charge in [0.1, 0.15) is 5.75 Å². The maximum absolute atomic E-state index is 9.44. The van der Waals surface area contributed by atoms with Crippen LogP contribution in [0, 0.1) is 0 Å². The summed E-state index contributed by atoms with van der Waals surface area (Å²) in [6.07, 6.45) is 8.05. The molecule has 1 N–H and O–H groups in total. The van der Waals surface area contributed by atoms with Crippen molar-refractivity contribution in [3.05, 3.63) is 76.9 Å². The van der Waals surface area contributed by atoms with Crippen LogP contribution in [0.25, 0.3) is 16.5 Å². The van der Waals surface area contributed by atoms with E-state index in [4.69, 9.17) is 4.99 Å². The van der Waals surface area contributed by atoms with Crippen molar-refractivity contribution in [3.63, 3.8) is 0 Å². The third-order valence-electron chi connectivity index (χ3n) is 4.21. The average Bonchev–Trinajstić information content (AvgIpc) is 3.12. The van der Waals surface area contributed by atoms with Crippen molar-refractivity contribution in [2.45, 2.75) is 12.8 Å². The third-order valence-corrected chi connectivity index (χ3v) is 5.29. The summed E-state index contributed by atoms with van der Waals surface area (Å²) in [5, 5.41) is 9.44. The van der Waals surface area contributed by atoms with Crippen LogP contribution in [0.3, 0.4) is 0 Å². The van der Waals surface area contributed by atoms with Gasteiger partial charge in [-0.2, -0.15) is 0 Å². The molecule has 1 aromatic carbocycles. The van der Waals surface area contributed by atoms with Gasteiger partial charge in [-0.05, 0) is 78.6 Å². The minimum atomic E-state index is 0. The quantitative estimate of drug-likeness (QED) is 0.564. The van der Waals surface area contributed by atoms with Crippen LogP contribution < -0.4 is 0 Å². The van der Waals surface area contributed by atoms with Crippen molar-refractivity contribution >= 4 is 47.9 Å². The number of benzene rings is 1. The van der Waals surface area contributed by atoms with Crippen molar-refractivity contribution in [3.8, 4) is 16.2 Å². The highest BCUT2D eigenvalue weighted by atomic mass is 35.5. The maximum atomic E-state index is 9.44. The summed E-state index contributed by atoms with van der Waals surface area (Å²) in [5.74, 6) is 0.294. The zero-order chi connectivity index (χ0) is 17.1. The monoisotopic (exact) mass is 418 g/mol. The standard InChI is InChI=1S/C21H18N2OS.2ClH/c24-18-7-5-15(6-8-18)20-10-9-19(25-20)13-16-3-2-12-23-21(16)17-4-1-11-22-14-17;;/h1,4-11,13-14,24H,2-3,12H2;2*1H. The Labute approximate surface area is 175 Å². The van der Waals surface area contributed by atoms with Gasteiger partial charge in [-0.1, -0.05) is 0 Å². The molecule has 0 saturated carbocycles. The molecule has 0 atom stereocenters. The van der Waals surface area contributed by atoms with E-state index in [1.807, 2.05) is 24.4 Å². The number of halogens is 2. The number of pyridine rings is 1. The van der Waals surface area contributed by atoms with Gasteiger partial charge in [-0.25, -0.2) is 0 Å². The van der Waals surface area contributed by atoms with Crippen molar-refractivity contribution in [1.29, 1.82) is 0 Å². The van der Waals surface area contributed by atoms with E-state index in [0.717, 1.165) is 36.2 Å². The van der Waals surface area contributed by atoms with Crippen LogP contribution in [0.1, 0.15) is 23.3 Å². The smallest absolute Gasteiger partial charge is 0.115 e. The van der Waals surface area contributed by atoms with Gasteiger partial charge in [0.2, 0.25) is 0 Å². The van der Waals surface area contributed by atoms with Crippen LogP contribution in [-0.2, 0) is 0 Å². The maximum Gasteiger partial charge on any atom is 0.115 e. The number of aliphatic imine (C=N–C) groups is 1. The Bertz CT molecular complexity index is 934. The molecule has 2 aromatic heterocycles. The number of aromatic nitrogens is 1. The van der Waals surface area contributed by atoms with Crippen molar-refractivity contribution in [1.82, 2.24) is 4.98 Å². The first-order valence-electron chi connectivity index (χ1n) is 8.35. The molecule has 0 spiro atoms. The zero-order valence-electron chi connectivity index (χ0n) is 14.5. The minimum Gasteiger partial charge on any atom is -0.508 e. The number of rotatable bonds is 3. The molecule has 0 amide bonds. The van der Waals surface area contributed by atoms with Crippen LogP contribution in [0.4, 0.5) is 0 Å². The lowest BCUT2D eigenvalue weighted by molar-refractivity contribution is 0.475. The Morgan fingerprint density at radius 1 is 0.963 bits per heavy atom. The number of allylic oxidation sites excluding steroid dienone is 1. The van der Waals surface area contributed by atoms with Crippen LogP contribution in [0.5, 0.6) is 5.75 Å². The third kappa shape index (κ3) is 4.98. The fourth-order valence-corrected chi connectivity index (χ4v) is 3.96. The predicted octanol–water partition coefficient (Wildman–Crippen LogP) is 6.03. The summed E-state index contributed by atoms with van der Waals surface area (Å²) < 4.78 is 0. The largest absolute Gasteiger partial charge is 0.508 e. The van der Waals surface area contributed by atoms with Crippen LogP contribution in [0.15, 0.2) is 71.5 Å². The van der Waals surface area contributed by atoms with Crippen LogP contribution in [0.2, 0.25) is 0 Å². The van der Waals surface area contributed by atoms with Gasteiger partial charge in [-0.15, -0.1) is 36.2 Å². The van der Waals surface area contributed by atoms with E-state index in [-0.39, 0.29) is 24.8 Å². The SMILES string of the molecule is Cl.Cl.Oc1ccc(-c2ccc(C=C3CCCN=C3c3cccnc3)s2)cc1. The Hall–Kier alpha value is -2.14. The summed E-state index contributed by atoms with van der Waals surface area (Å²) in [6, 6.07) is 15.6. The van der Waals surface area contributed by atoms with Crippen LogP contribution >= 0.6 is 36.2 Å². The Kier molecular flexibility index (Phi) is 7.60. The van der Waals surface area contributed by atoms with E-state index in [9.17, 15) is 5.11 Å². The second kappa shape index (κ2) is 9.70. The summed E-state index contributed by atoms with van der Waals surface area (Å²) in [5.41, 5.74) is 4.55. The molecule has 1 aliphatic heterocycles. The highest BCUT2D eigenvalue weighted by Gasteiger charge is 2.14. The number of hydrogen-bond acceptors (Lipinski definition) is 4.